The zero-order valence-electron chi connectivity index (χ0n) is 14.4. The van der Waals surface area contributed by atoms with Gasteiger partial charge in [-0.25, -0.2) is 9.36 Å². The third-order valence-corrected chi connectivity index (χ3v) is 3.75. The number of hydrogen-bond acceptors (Lipinski definition) is 5. The highest BCUT2D eigenvalue weighted by atomic mass is 16.5. The van der Waals surface area contributed by atoms with Crippen LogP contribution < -0.4 is 21.3 Å². The number of benzene rings is 2. The topological polar surface area (TPSA) is 113 Å². The molecule has 0 bridgehead atoms. The van der Waals surface area contributed by atoms with Gasteiger partial charge in [-0.05, 0) is 43.3 Å². The molecule has 0 fully saturated rings. The van der Waals surface area contributed by atoms with Gasteiger partial charge in [0.15, 0.2) is 5.56 Å². The second kappa shape index (κ2) is 7.61. The van der Waals surface area contributed by atoms with Gasteiger partial charge in [-0.15, -0.1) is 0 Å². The van der Waals surface area contributed by atoms with E-state index < -0.39 is 28.6 Å². The van der Waals surface area contributed by atoms with Gasteiger partial charge in [0.2, 0.25) is 5.88 Å². The molecule has 0 aliphatic rings. The first-order chi connectivity index (χ1) is 13.0. The molecule has 2 aromatic carbocycles. The number of nitrogens with one attached hydrogen (secondary N) is 2. The molecule has 1 heterocycles. The highest BCUT2D eigenvalue weighted by Crippen LogP contribution is 2.20. The van der Waals surface area contributed by atoms with E-state index >= 15 is 0 Å². The normalized spacial score (nSPS) is 10.4. The molecule has 3 rings (SSSR count). The van der Waals surface area contributed by atoms with Crippen LogP contribution in [0.1, 0.15) is 17.3 Å². The fraction of sp³-hybridized carbons (Fsp3) is 0.105. The molecule has 3 N–H and O–H groups in total. The van der Waals surface area contributed by atoms with Gasteiger partial charge in [0, 0.05) is 5.69 Å². The number of carbonyl (C=O) groups excluding carboxylic acids is 1. The highest BCUT2D eigenvalue weighted by molar-refractivity contribution is 6.05. The van der Waals surface area contributed by atoms with Gasteiger partial charge < -0.3 is 15.2 Å². The number of hydrogen-bond donors (Lipinski definition) is 3. The number of amides is 1. The molecule has 1 aromatic heterocycles. The molecule has 138 valence electrons. The fourth-order valence-corrected chi connectivity index (χ4v) is 2.54. The number of carbonyl (C=O) groups is 1. The maximum Gasteiger partial charge on any atom is 0.335 e. The Kier molecular flexibility index (Phi) is 5.07. The fourth-order valence-electron chi connectivity index (χ4n) is 2.54. The van der Waals surface area contributed by atoms with E-state index in [0.717, 1.165) is 4.57 Å². The van der Waals surface area contributed by atoms with Crippen LogP contribution in [0.25, 0.3) is 5.69 Å². The molecule has 0 spiro atoms. The molecule has 0 unspecified atom stereocenters. The molecule has 8 heteroatoms. The van der Waals surface area contributed by atoms with Crippen LogP contribution in [0.2, 0.25) is 0 Å². The quantitative estimate of drug-likeness (QED) is 0.637. The van der Waals surface area contributed by atoms with E-state index in [1.54, 1.807) is 42.5 Å². The molecule has 27 heavy (non-hydrogen) atoms. The lowest BCUT2D eigenvalue weighted by Gasteiger charge is -2.12. The highest BCUT2D eigenvalue weighted by Gasteiger charge is 2.22. The van der Waals surface area contributed by atoms with Crippen LogP contribution in [0.5, 0.6) is 11.6 Å². The molecule has 8 nitrogen and oxygen atoms in total. The molecule has 0 saturated carbocycles. The van der Waals surface area contributed by atoms with E-state index in [9.17, 15) is 19.5 Å². The maximum absolute atomic E-state index is 12.5. The van der Waals surface area contributed by atoms with Crippen molar-refractivity contribution in [3.8, 4) is 17.3 Å². The first kappa shape index (κ1) is 18.0. The smallest absolute Gasteiger partial charge is 0.335 e. The third kappa shape index (κ3) is 3.74. The molecule has 3 aromatic rings. The summed E-state index contributed by atoms with van der Waals surface area (Å²) in [4.78, 5) is 38.8. The standard InChI is InChI=1S/C19H17N3O5/c1-2-27-14-10-8-13(9-11-14)22-18(25)15(17(24)21-19(22)26)16(23)20-12-6-4-3-5-7-12/h3-11,25H,2H2,1H3,(H,20,23)(H,21,24,26). The predicted octanol–water partition coefficient (Wildman–Crippen LogP) is 1.88. The van der Waals surface area contributed by atoms with Crippen LogP contribution in [-0.2, 0) is 0 Å². The summed E-state index contributed by atoms with van der Waals surface area (Å²) < 4.78 is 6.18. The van der Waals surface area contributed by atoms with Crippen LogP contribution in [0, 0.1) is 0 Å². The second-order valence-electron chi connectivity index (χ2n) is 5.54. The predicted molar refractivity (Wildman–Crippen MR) is 99.9 cm³/mol. The van der Waals surface area contributed by atoms with E-state index in [-0.39, 0.29) is 5.69 Å². The number of ether oxygens (including phenoxy) is 1. The first-order valence-electron chi connectivity index (χ1n) is 8.19. The van der Waals surface area contributed by atoms with Crippen molar-refractivity contribution in [1.29, 1.82) is 0 Å². The van der Waals surface area contributed by atoms with E-state index in [1.807, 2.05) is 6.92 Å². The lowest BCUT2D eigenvalue weighted by atomic mass is 10.2. The summed E-state index contributed by atoms with van der Waals surface area (Å²) in [5.74, 6) is -0.999. The summed E-state index contributed by atoms with van der Waals surface area (Å²) in [7, 11) is 0. The zero-order chi connectivity index (χ0) is 19.4. The first-order valence-corrected chi connectivity index (χ1v) is 8.19. The van der Waals surface area contributed by atoms with Crippen LogP contribution >= 0.6 is 0 Å². The van der Waals surface area contributed by atoms with Gasteiger partial charge in [-0.3, -0.25) is 14.6 Å². The van der Waals surface area contributed by atoms with Crippen molar-refractivity contribution in [2.75, 3.05) is 11.9 Å². The number of H-pyrrole nitrogens is 1. The van der Waals surface area contributed by atoms with Crippen LogP contribution in [0.4, 0.5) is 5.69 Å². The molecule has 1 amide bonds. The molecule has 0 saturated heterocycles. The minimum absolute atomic E-state index is 0.269. The van der Waals surface area contributed by atoms with Crippen molar-refractivity contribution in [1.82, 2.24) is 9.55 Å². The van der Waals surface area contributed by atoms with Gasteiger partial charge in [0.25, 0.3) is 11.5 Å². The molecule has 0 aliphatic heterocycles. The van der Waals surface area contributed by atoms with Crippen molar-refractivity contribution in [2.24, 2.45) is 0 Å². The molecule has 0 radical (unpaired) electrons. The minimum atomic E-state index is -0.979. The Morgan fingerprint density at radius 1 is 1.11 bits per heavy atom. The summed E-state index contributed by atoms with van der Waals surface area (Å²) in [6, 6.07) is 14.7. The average molecular weight is 367 g/mol. The summed E-state index contributed by atoms with van der Waals surface area (Å²) >= 11 is 0. The van der Waals surface area contributed by atoms with Crippen LogP contribution in [0.15, 0.2) is 64.2 Å². The zero-order valence-corrected chi connectivity index (χ0v) is 14.4. The van der Waals surface area contributed by atoms with Crippen molar-refractivity contribution >= 4 is 11.6 Å². The minimum Gasteiger partial charge on any atom is -0.494 e. The number of para-hydroxylation sites is 1. The molecular formula is C19H17N3O5. The number of anilines is 1. The molecular weight excluding hydrogens is 350 g/mol. The van der Waals surface area contributed by atoms with Gasteiger partial charge >= 0.3 is 5.69 Å². The van der Waals surface area contributed by atoms with Crippen molar-refractivity contribution in [2.45, 2.75) is 6.92 Å². The van der Waals surface area contributed by atoms with Gasteiger partial charge in [0.1, 0.15) is 5.75 Å². The summed E-state index contributed by atoms with van der Waals surface area (Å²) in [6.07, 6.45) is 0. The van der Waals surface area contributed by atoms with Gasteiger partial charge in [-0.2, -0.15) is 0 Å². The van der Waals surface area contributed by atoms with Gasteiger partial charge in [-0.1, -0.05) is 18.2 Å². The SMILES string of the molecule is CCOc1ccc(-n2c(O)c(C(=O)Nc3ccccc3)c(=O)[nH]c2=O)cc1. The van der Waals surface area contributed by atoms with Crippen molar-refractivity contribution in [3.63, 3.8) is 0 Å². The number of rotatable bonds is 5. The number of aromatic nitrogens is 2. The Morgan fingerprint density at radius 3 is 2.41 bits per heavy atom. The van der Waals surface area contributed by atoms with E-state index in [0.29, 0.717) is 18.0 Å². The Morgan fingerprint density at radius 2 is 1.78 bits per heavy atom. The van der Waals surface area contributed by atoms with Crippen LogP contribution in [0.3, 0.4) is 0 Å². The Labute approximate surface area is 153 Å². The largest absolute Gasteiger partial charge is 0.494 e. The van der Waals surface area contributed by atoms with Crippen molar-refractivity contribution in [3.05, 3.63) is 81.0 Å². The average Bonchev–Trinajstić information content (AvgIpc) is 2.64. The Balaban J connectivity index is 2.04. The lowest BCUT2D eigenvalue weighted by Crippen LogP contribution is -2.34. The van der Waals surface area contributed by atoms with Gasteiger partial charge in [0.05, 0.1) is 12.3 Å². The van der Waals surface area contributed by atoms with Crippen molar-refractivity contribution < 1.29 is 14.6 Å². The summed E-state index contributed by atoms with van der Waals surface area (Å²) in [5.41, 5.74) is -1.69. The summed E-state index contributed by atoms with van der Waals surface area (Å²) in [6.45, 7) is 2.32. The maximum atomic E-state index is 12.5. The Bertz CT molecular complexity index is 1070. The van der Waals surface area contributed by atoms with E-state index in [1.165, 1.54) is 12.1 Å². The number of aromatic hydroxyl groups is 1. The van der Waals surface area contributed by atoms with E-state index in [2.05, 4.69) is 10.3 Å². The second-order valence-corrected chi connectivity index (χ2v) is 5.54. The number of aromatic amines is 1. The van der Waals surface area contributed by atoms with E-state index in [4.69, 9.17) is 4.74 Å². The molecule has 0 aliphatic carbocycles. The monoisotopic (exact) mass is 367 g/mol. The van der Waals surface area contributed by atoms with Crippen LogP contribution in [-0.4, -0.2) is 27.2 Å². The number of nitrogens with zero attached hydrogens (tertiary/aromatic N) is 1. The molecule has 0 atom stereocenters. The summed E-state index contributed by atoms with van der Waals surface area (Å²) in [5, 5.41) is 13.0. The third-order valence-electron chi connectivity index (χ3n) is 3.75. The Hall–Kier alpha value is -3.81. The lowest BCUT2D eigenvalue weighted by molar-refractivity contribution is 0.102.